The lowest BCUT2D eigenvalue weighted by Gasteiger charge is -2.41. The van der Waals surface area contributed by atoms with Crippen molar-refractivity contribution in [2.75, 3.05) is 53.5 Å². The van der Waals surface area contributed by atoms with E-state index in [-0.39, 0.29) is 55.8 Å². The number of fused-ring (bicyclic) bond motifs is 6. The van der Waals surface area contributed by atoms with Crippen molar-refractivity contribution in [3.8, 4) is 34.4 Å². The molecule has 0 aliphatic carbocycles. The number of nitrogens with zero attached hydrogens (tertiary/aromatic N) is 7. The normalized spacial score (nSPS) is 21.7. The number of cyclic esters (lactones) is 1. The van der Waals surface area contributed by atoms with Crippen molar-refractivity contribution in [1.29, 1.82) is 0 Å². The van der Waals surface area contributed by atoms with E-state index in [9.17, 15) is 24.0 Å². The van der Waals surface area contributed by atoms with Crippen LogP contribution in [0.3, 0.4) is 0 Å². The quantitative estimate of drug-likeness (QED) is 0.149. The second-order valence-electron chi connectivity index (χ2n) is 21.3. The van der Waals surface area contributed by atoms with Gasteiger partial charge in [0.15, 0.2) is 11.7 Å². The van der Waals surface area contributed by atoms with E-state index in [2.05, 4.69) is 76.0 Å². The number of hydrazine groups is 1. The molecule has 0 saturated carbocycles. The number of likely N-dealkylation sites (N-methyl/N-ethyl adjacent to an activating group) is 1. The molecule has 2 N–H and O–H groups in total. The molecule has 3 saturated heterocycles. The van der Waals surface area contributed by atoms with Gasteiger partial charge in [0.05, 0.1) is 48.2 Å². The number of methoxy groups -OCH3 is 1. The minimum atomic E-state index is -1.20. The first-order valence-corrected chi connectivity index (χ1v) is 25.3. The smallest absolute Gasteiger partial charge is 0.324 e. The molecule has 17 nitrogen and oxygen atoms in total. The summed E-state index contributed by atoms with van der Waals surface area (Å²) in [7, 11) is 3.27. The second-order valence-corrected chi connectivity index (χ2v) is 21.3. The summed E-state index contributed by atoms with van der Waals surface area (Å²) < 4.78 is 20.7. The molecule has 5 atom stereocenters. The summed E-state index contributed by atoms with van der Waals surface area (Å²) in [4.78, 5) is 85.3. The number of carbonyl (C=O) groups excluding carboxylic acids is 5. The lowest BCUT2D eigenvalue weighted by molar-refractivity contribution is -0.155. The van der Waals surface area contributed by atoms with E-state index in [4.69, 9.17) is 18.9 Å². The molecule has 17 heteroatoms. The minimum absolute atomic E-state index is 0.109. The van der Waals surface area contributed by atoms with E-state index in [0.29, 0.717) is 44.5 Å². The van der Waals surface area contributed by atoms with E-state index < -0.39 is 52.8 Å². The first-order valence-electron chi connectivity index (χ1n) is 25.3. The predicted molar refractivity (Wildman–Crippen MR) is 268 cm³/mol. The molecule has 8 rings (SSSR count). The third-order valence-electron chi connectivity index (χ3n) is 14.8. The summed E-state index contributed by atoms with van der Waals surface area (Å²) >= 11 is 0. The monoisotopic (exact) mass is 974 g/mol. The molecule has 4 aliphatic rings. The number of aromatic nitrogens is 3. The number of likely N-dealkylation sites (tertiary alicyclic amines) is 2. The molecule has 6 bridgehead atoms. The van der Waals surface area contributed by atoms with E-state index >= 15 is 0 Å². The second kappa shape index (κ2) is 20.9. The molecular formula is C54H71N9O8. The van der Waals surface area contributed by atoms with Gasteiger partial charge in [0.2, 0.25) is 11.8 Å². The number of aryl methyl sites for hydroxylation is 1. The standard InChI is InChI=1S/C54H71N9O8/c1-11-62-42-18-17-35-27-38(42)39(48(62)37-15-12-22-55-46(37)34(4)69-10)29-53(5,6)32-70-52(68)40-16-13-25-63(58-40)51(67)41(28-44-56-30-43(35)71-44)57-49(65)47(33(2)3)59(9)50(66)36-20-26-60(31-36)45(64)19-21-54(7,8)61-23-14-24-61/h12,15,17-18,22,27,30,33-34,36,40-41,47,58H,11,13-14,16,20,23-26,28-29,31-32H2,1-10H3,(H,57,65)/t34-,36-,40-,41-,47?/m0/s1. The Bertz CT molecular complexity index is 2730. The number of benzene rings is 1. The molecule has 4 aromatic rings. The fourth-order valence-corrected chi connectivity index (χ4v) is 10.6. The van der Waals surface area contributed by atoms with Crippen molar-refractivity contribution in [3.63, 3.8) is 0 Å². The zero-order valence-corrected chi connectivity index (χ0v) is 43.1. The predicted octanol–water partition coefficient (Wildman–Crippen LogP) is 5.55. The summed E-state index contributed by atoms with van der Waals surface area (Å²) in [6.07, 6.45) is 6.07. The van der Waals surface area contributed by atoms with Crippen LogP contribution in [0.2, 0.25) is 0 Å². The molecule has 0 radical (unpaired) electrons. The number of rotatable bonds is 10. The van der Waals surface area contributed by atoms with E-state index in [1.54, 1.807) is 31.5 Å². The average molecular weight is 974 g/mol. The van der Waals surface area contributed by atoms with Crippen LogP contribution in [0.4, 0.5) is 0 Å². The third kappa shape index (κ3) is 10.8. The van der Waals surface area contributed by atoms with Gasteiger partial charge in [0, 0.05) is 87.1 Å². The number of hydrogen-bond donors (Lipinski definition) is 2. The Morgan fingerprint density at radius 2 is 1.83 bits per heavy atom. The van der Waals surface area contributed by atoms with Gasteiger partial charge in [-0.3, -0.25) is 38.9 Å². The molecule has 380 valence electrons. The molecule has 7 heterocycles. The van der Waals surface area contributed by atoms with Crippen molar-refractivity contribution >= 4 is 40.5 Å². The summed E-state index contributed by atoms with van der Waals surface area (Å²) in [6, 6.07) is 7.19. The highest BCUT2D eigenvalue weighted by Crippen LogP contribution is 2.42. The van der Waals surface area contributed by atoms with Gasteiger partial charge < -0.3 is 33.6 Å². The third-order valence-corrected chi connectivity index (χ3v) is 14.8. The molecule has 71 heavy (non-hydrogen) atoms. The van der Waals surface area contributed by atoms with Gasteiger partial charge in [-0.05, 0) is 108 Å². The van der Waals surface area contributed by atoms with E-state index in [1.165, 1.54) is 9.91 Å². The van der Waals surface area contributed by atoms with Gasteiger partial charge in [0.1, 0.15) is 18.1 Å². The molecule has 1 unspecified atom stereocenters. The molecule has 3 aromatic heterocycles. The van der Waals surface area contributed by atoms with Crippen LogP contribution in [0.15, 0.2) is 47.1 Å². The Labute approximate surface area is 417 Å². The molecule has 0 spiro atoms. The fraction of sp³-hybridized carbons (Fsp3) is 0.574. The van der Waals surface area contributed by atoms with E-state index in [1.807, 2.05) is 46.8 Å². The van der Waals surface area contributed by atoms with Crippen molar-refractivity contribution < 1.29 is 37.9 Å². The maximum atomic E-state index is 14.7. The van der Waals surface area contributed by atoms with Crippen LogP contribution in [-0.2, 0) is 52.8 Å². The largest absolute Gasteiger partial charge is 0.464 e. The topological polar surface area (TPSA) is 185 Å². The minimum Gasteiger partial charge on any atom is -0.464 e. The van der Waals surface area contributed by atoms with Crippen LogP contribution in [0.5, 0.6) is 0 Å². The number of amides is 4. The summed E-state index contributed by atoms with van der Waals surface area (Å²) in [5, 5.41) is 5.35. The summed E-state index contributed by atoms with van der Waals surface area (Å²) in [5.41, 5.74) is 7.77. The molecule has 4 aliphatic heterocycles. The lowest BCUT2D eigenvalue weighted by Crippen LogP contribution is -2.62. The highest BCUT2D eigenvalue weighted by molar-refractivity contribution is 5.97. The van der Waals surface area contributed by atoms with Crippen LogP contribution in [0.25, 0.3) is 33.5 Å². The van der Waals surface area contributed by atoms with Crippen molar-refractivity contribution in [3.05, 3.63) is 59.9 Å². The number of pyridine rings is 1. The van der Waals surface area contributed by atoms with Gasteiger partial charge in [0.25, 0.3) is 11.8 Å². The number of ether oxygens (including phenoxy) is 2. The van der Waals surface area contributed by atoms with Crippen LogP contribution >= 0.6 is 0 Å². The fourth-order valence-electron chi connectivity index (χ4n) is 10.6. The number of esters is 1. The Balaban J connectivity index is 1.09. The first kappa shape index (κ1) is 51.3. The van der Waals surface area contributed by atoms with Crippen molar-refractivity contribution in [1.82, 2.24) is 45.0 Å². The Morgan fingerprint density at radius 1 is 1.06 bits per heavy atom. The van der Waals surface area contributed by atoms with Crippen LogP contribution in [-0.4, -0.2) is 141 Å². The Kier molecular flexibility index (Phi) is 15.1. The molecule has 4 amide bonds. The molecule has 1 aromatic carbocycles. The number of hydrogen-bond acceptors (Lipinski definition) is 12. The van der Waals surface area contributed by atoms with Crippen LogP contribution < -0.4 is 10.7 Å². The van der Waals surface area contributed by atoms with Crippen molar-refractivity contribution in [2.24, 2.45) is 17.3 Å². The van der Waals surface area contributed by atoms with Gasteiger partial charge in [-0.2, -0.15) is 0 Å². The van der Waals surface area contributed by atoms with Gasteiger partial charge in [-0.25, -0.2) is 10.4 Å². The van der Waals surface area contributed by atoms with Gasteiger partial charge >= 0.3 is 5.97 Å². The highest BCUT2D eigenvalue weighted by atomic mass is 16.5. The van der Waals surface area contributed by atoms with Crippen LogP contribution in [0, 0.1) is 29.1 Å². The zero-order chi connectivity index (χ0) is 50.9. The highest BCUT2D eigenvalue weighted by Gasteiger charge is 2.41. The zero-order valence-electron chi connectivity index (χ0n) is 43.1. The summed E-state index contributed by atoms with van der Waals surface area (Å²) in [5.74, 6) is 3.68. The van der Waals surface area contributed by atoms with Gasteiger partial charge in [-0.15, -0.1) is 0 Å². The number of oxazole rings is 1. The molecular weight excluding hydrogens is 903 g/mol. The first-order chi connectivity index (χ1) is 33.8. The Morgan fingerprint density at radius 3 is 2.54 bits per heavy atom. The number of carbonyl (C=O) groups is 5. The van der Waals surface area contributed by atoms with E-state index in [0.717, 1.165) is 58.5 Å². The SMILES string of the molecule is CCn1c(-c2cccnc2[C@H](C)OC)c2c3cc(ccc31)-c1cnc(o1)C[C@H](NC(=O)C(C(C)C)N(C)C(=O)[C@H]1CCN(C(=O)C#CC(C)(C)N3CCC3)C1)C(=O)N1CCC[C@H](N1)C(=O)OCC(C)(C)C2. The number of nitrogens with one attached hydrogen (secondary N) is 2. The molecule has 3 fully saturated rings. The van der Waals surface area contributed by atoms with Gasteiger partial charge in [-0.1, -0.05) is 33.6 Å². The Hall–Kier alpha value is -6.09. The lowest BCUT2D eigenvalue weighted by atomic mass is 9.84. The summed E-state index contributed by atoms with van der Waals surface area (Å²) in [6.45, 7) is 19.5. The van der Waals surface area contributed by atoms with Crippen LogP contribution in [0.1, 0.15) is 104 Å². The maximum Gasteiger partial charge on any atom is 0.324 e. The maximum absolute atomic E-state index is 14.7. The average Bonchev–Trinajstić information content (AvgIpc) is 4.09. The van der Waals surface area contributed by atoms with Crippen molar-refractivity contribution in [2.45, 2.75) is 130 Å².